The van der Waals surface area contributed by atoms with E-state index in [0.29, 0.717) is 5.92 Å². The van der Waals surface area contributed by atoms with E-state index < -0.39 is 5.97 Å². The molecular weight excluding hydrogens is 140 g/mol. The molecule has 2 heteroatoms. The number of hydrogen-bond donors (Lipinski definition) is 1. The SMILES string of the molecule is C[C@@H]1C=C(CC(=O)O)C=CC1. The highest BCUT2D eigenvalue weighted by Gasteiger charge is 2.06. The third-order valence-corrected chi connectivity index (χ3v) is 1.69. The Morgan fingerprint density at radius 3 is 3.09 bits per heavy atom. The second kappa shape index (κ2) is 3.37. The average Bonchev–Trinajstić information content (AvgIpc) is 1.85. The van der Waals surface area contributed by atoms with Crippen molar-refractivity contribution >= 4 is 5.97 Å². The molecule has 0 radical (unpaired) electrons. The van der Waals surface area contributed by atoms with Crippen molar-refractivity contribution in [2.45, 2.75) is 19.8 Å². The van der Waals surface area contributed by atoms with Crippen molar-refractivity contribution in [1.29, 1.82) is 0 Å². The van der Waals surface area contributed by atoms with Gasteiger partial charge in [-0.25, -0.2) is 0 Å². The first-order chi connectivity index (χ1) is 5.18. The number of hydrogen-bond acceptors (Lipinski definition) is 1. The van der Waals surface area contributed by atoms with Crippen molar-refractivity contribution in [3.05, 3.63) is 23.8 Å². The first-order valence-electron chi connectivity index (χ1n) is 3.77. The van der Waals surface area contributed by atoms with Gasteiger partial charge in [-0.2, -0.15) is 0 Å². The number of carboxylic acids is 1. The van der Waals surface area contributed by atoms with E-state index in [1.54, 1.807) is 0 Å². The average molecular weight is 152 g/mol. The smallest absolute Gasteiger partial charge is 0.307 e. The summed E-state index contributed by atoms with van der Waals surface area (Å²) in [6.07, 6.45) is 7.13. The molecule has 0 aromatic heterocycles. The normalized spacial score (nSPS) is 23.0. The van der Waals surface area contributed by atoms with Gasteiger partial charge in [0.15, 0.2) is 0 Å². The van der Waals surface area contributed by atoms with Crippen LogP contribution in [0, 0.1) is 5.92 Å². The van der Waals surface area contributed by atoms with Gasteiger partial charge in [0.1, 0.15) is 0 Å². The van der Waals surface area contributed by atoms with E-state index in [1.165, 1.54) is 0 Å². The summed E-state index contributed by atoms with van der Waals surface area (Å²) in [4.78, 5) is 10.3. The van der Waals surface area contributed by atoms with Gasteiger partial charge in [0, 0.05) is 0 Å². The molecule has 0 spiro atoms. The zero-order valence-corrected chi connectivity index (χ0v) is 6.58. The molecule has 1 rings (SSSR count). The van der Waals surface area contributed by atoms with Crippen LogP contribution in [0.3, 0.4) is 0 Å². The predicted molar refractivity (Wildman–Crippen MR) is 43.3 cm³/mol. The Balaban J connectivity index is 2.57. The quantitative estimate of drug-likeness (QED) is 0.657. The maximum atomic E-state index is 10.3. The molecular formula is C9H12O2. The third kappa shape index (κ3) is 2.58. The van der Waals surface area contributed by atoms with Gasteiger partial charge in [-0.15, -0.1) is 0 Å². The van der Waals surface area contributed by atoms with Gasteiger partial charge >= 0.3 is 5.97 Å². The number of carboxylic acid groups (broad SMARTS) is 1. The van der Waals surface area contributed by atoms with Crippen LogP contribution in [0.1, 0.15) is 19.8 Å². The van der Waals surface area contributed by atoms with Crippen LogP contribution in [0.2, 0.25) is 0 Å². The minimum atomic E-state index is -0.755. The highest BCUT2D eigenvalue weighted by molar-refractivity contribution is 5.71. The molecule has 0 fully saturated rings. The lowest BCUT2D eigenvalue weighted by Crippen LogP contribution is -2.00. The highest BCUT2D eigenvalue weighted by atomic mass is 16.4. The first kappa shape index (κ1) is 8.05. The standard InChI is InChI=1S/C9H12O2/c1-7-3-2-4-8(5-7)6-9(10)11/h2,4-5,7H,3,6H2,1H3,(H,10,11)/t7-/m0/s1. The largest absolute Gasteiger partial charge is 0.481 e. The molecule has 1 aliphatic carbocycles. The fourth-order valence-electron chi connectivity index (χ4n) is 1.22. The van der Waals surface area contributed by atoms with Crippen LogP contribution in [-0.4, -0.2) is 11.1 Å². The van der Waals surface area contributed by atoms with Crippen molar-refractivity contribution in [1.82, 2.24) is 0 Å². The summed E-state index contributed by atoms with van der Waals surface area (Å²) >= 11 is 0. The molecule has 0 amide bonds. The van der Waals surface area contributed by atoms with Crippen molar-refractivity contribution in [3.63, 3.8) is 0 Å². The van der Waals surface area contributed by atoms with E-state index in [4.69, 9.17) is 5.11 Å². The second-order valence-electron chi connectivity index (χ2n) is 2.93. The molecule has 60 valence electrons. The topological polar surface area (TPSA) is 37.3 Å². The molecule has 0 aliphatic heterocycles. The van der Waals surface area contributed by atoms with Gasteiger partial charge < -0.3 is 5.11 Å². The van der Waals surface area contributed by atoms with Crippen molar-refractivity contribution in [2.75, 3.05) is 0 Å². The lowest BCUT2D eigenvalue weighted by Gasteiger charge is -2.09. The van der Waals surface area contributed by atoms with Gasteiger partial charge in [0.2, 0.25) is 0 Å². The van der Waals surface area contributed by atoms with Gasteiger partial charge in [-0.3, -0.25) is 4.79 Å². The van der Waals surface area contributed by atoms with E-state index in [2.05, 4.69) is 6.92 Å². The van der Waals surface area contributed by atoms with E-state index in [0.717, 1.165) is 12.0 Å². The molecule has 0 saturated heterocycles. The maximum Gasteiger partial charge on any atom is 0.307 e. The number of allylic oxidation sites excluding steroid dienone is 3. The Bertz CT molecular complexity index is 214. The molecule has 1 aliphatic rings. The highest BCUT2D eigenvalue weighted by Crippen LogP contribution is 2.17. The molecule has 0 bridgehead atoms. The molecule has 0 unspecified atom stereocenters. The Morgan fingerprint density at radius 2 is 2.55 bits per heavy atom. The van der Waals surface area contributed by atoms with Crippen molar-refractivity contribution in [3.8, 4) is 0 Å². The lowest BCUT2D eigenvalue weighted by atomic mass is 9.96. The van der Waals surface area contributed by atoms with Gasteiger partial charge in [0.05, 0.1) is 6.42 Å². The Morgan fingerprint density at radius 1 is 1.82 bits per heavy atom. The van der Waals surface area contributed by atoms with Crippen LogP contribution in [-0.2, 0) is 4.79 Å². The van der Waals surface area contributed by atoms with Crippen molar-refractivity contribution < 1.29 is 9.90 Å². The van der Waals surface area contributed by atoms with Crippen LogP contribution < -0.4 is 0 Å². The summed E-state index contributed by atoms with van der Waals surface area (Å²) in [7, 11) is 0. The van der Waals surface area contributed by atoms with E-state index >= 15 is 0 Å². The predicted octanol–water partition coefficient (Wildman–Crippen LogP) is 1.98. The van der Waals surface area contributed by atoms with E-state index in [-0.39, 0.29) is 6.42 Å². The number of aliphatic carboxylic acids is 1. The summed E-state index contributed by atoms with van der Waals surface area (Å²) < 4.78 is 0. The van der Waals surface area contributed by atoms with Crippen LogP contribution in [0.15, 0.2) is 23.8 Å². The second-order valence-corrected chi connectivity index (χ2v) is 2.93. The van der Waals surface area contributed by atoms with Crippen molar-refractivity contribution in [2.24, 2.45) is 5.92 Å². The molecule has 11 heavy (non-hydrogen) atoms. The molecule has 1 N–H and O–H groups in total. The summed E-state index contributed by atoms with van der Waals surface area (Å²) in [6, 6.07) is 0. The summed E-state index contributed by atoms with van der Waals surface area (Å²) in [6.45, 7) is 2.09. The summed E-state index contributed by atoms with van der Waals surface area (Å²) in [5.41, 5.74) is 0.927. The minimum Gasteiger partial charge on any atom is -0.481 e. The molecule has 0 saturated carbocycles. The zero-order valence-electron chi connectivity index (χ0n) is 6.58. The van der Waals surface area contributed by atoms with Crippen LogP contribution in [0.25, 0.3) is 0 Å². The molecule has 0 heterocycles. The number of rotatable bonds is 2. The fourth-order valence-corrected chi connectivity index (χ4v) is 1.22. The Labute approximate surface area is 66.2 Å². The van der Waals surface area contributed by atoms with E-state index in [9.17, 15) is 4.79 Å². The summed E-state index contributed by atoms with van der Waals surface area (Å²) in [5, 5.41) is 8.48. The molecule has 2 nitrogen and oxygen atoms in total. The summed E-state index contributed by atoms with van der Waals surface area (Å²) in [5.74, 6) is -0.260. The molecule has 1 atom stereocenters. The monoisotopic (exact) mass is 152 g/mol. The lowest BCUT2D eigenvalue weighted by molar-refractivity contribution is -0.136. The van der Waals surface area contributed by atoms with Gasteiger partial charge in [0.25, 0.3) is 0 Å². The van der Waals surface area contributed by atoms with Gasteiger partial charge in [-0.05, 0) is 17.9 Å². The van der Waals surface area contributed by atoms with E-state index in [1.807, 2.05) is 18.2 Å². The number of carbonyl (C=O) groups is 1. The molecule has 0 aromatic carbocycles. The first-order valence-corrected chi connectivity index (χ1v) is 3.77. The van der Waals surface area contributed by atoms with Crippen LogP contribution >= 0.6 is 0 Å². The Hall–Kier alpha value is -1.05. The Kier molecular flexibility index (Phi) is 2.47. The fraction of sp³-hybridized carbons (Fsp3) is 0.444. The van der Waals surface area contributed by atoms with Crippen LogP contribution in [0.5, 0.6) is 0 Å². The third-order valence-electron chi connectivity index (χ3n) is 1.69. The van der Waals surface area contributed by atoms with Crippen LogP contribution in [0.4, 0.5) is 0 Å². The maximum absolute atomic E-state index is 10.3. The minimum absolute atomic E-state index is 0.154. The molecule has 0 aromatic rings. The van der Waals surface area contributed by atoms with Gasteiger partial charge in [-0.1, -0.05) is 25.2 Å². The zero-order chi connectivity index (χ0) is 8.27.